The zero-order chi connectivity index (χ0) is 24.7. The van der Waals surface area contributed by atoms with E-state index in [-0.39, 0.29) is 17.7 Å². The van der Waals surface area contributed by atoms with Crippen LogP contribution in [0.1, 0.15) is 34.0 Å². The fourth-order valence-corrected chi connectivity index (χ4v) is 3.70. The van der Waals surface area contributed by atoms with Crippen molar-refractivity contribution in [2.75, 3.05) is 6.61 Å². The lowest BCUT2D eigenvalue weighted by Gasteiger charge is -2.14. The Hall–Kier alpha value is -3.12. The molecule has 0 saturated carbocycles. The van der Waals surface area contributed by atoms with Gasteiger partial charge in [0.15, 0.2) is 11.5 Å². The van der Waals surface area contributed by atoms with Crippen LogP contribution < -0.4 is 14.9 Å². The fourth-order valence-electron chi connectivity index (χ4n) is 2.81. The van der Waals surface area contributed by atoms with Crippen LogP contribution in [0.15, 0.2) is 58.1 Å². The van der Waals surface area contributed by atoms with Crippen LogP contribution >= 0.6 is 39.1 Å². The molecule has 0 saturated heterocycles. The molecule has 0 aliphatic rings. The van der Waals surface area contributed by atoms with Crippen LogP contribution in [0.5, 0.6) is 11.5 Å². The topological polar surface area (TPSA) is 83.7 Å². The number of carbonyl (C=O) groups excluding carboxylic acids is 1. The molecule has 34 heavy (non-hydrogen) atoms. The zero-order valence-electron chi connectivity index (χ0n) is 17.7. The molecule has 0 bridgehead atoms. The lowest BCUT2D eigenvalue weighted by atomic mass is 10.1. The Balaban J connectivity index is 1.74. The van der Waals surface area contributed by atoms with E-state index in [4.69, 9.17) is 37.9 Å². The maximum Gasteiger partial charge on any atom is 0.274 e. The molecule has 0 aliphatic heterocycles. The Morgan fingerprint density at radius 2 is 1.94 bits per heavy atom. The van der Waals surface area contributed by atoms with Gasteiger partial charge < -0.3 is 9.47 Å². The number of amides is 1. The molecule has 3 aromatic carbocycles. The van der Waals surface area contributed by atoms with Gasteiger partial charge in [-0.1, -0.05) is 29.3 Å². The van der Waals surface area contributed by atoms with Gasteiger partial charge in [0.25, 0.3) is 5.91 Å². The molecule has 0 spiro atoms. The molecule has 0 radical (unpaired) electrons. The second-order valence-electron chi connectivity index (χ2n) is 6.78. The number of nitrogens with zero attached hydrogens (tertiary/aromatic N) is 2. The number of halogens is 4. The van der Waals surface area contributed by atoms with E-state index in [1.165, 1.54) is 18.3 Å². The Morgan fingerprint density at radius 3 is 2.62 bits per heavy atom. The lowest BCUT2D eigenvalue weighted by molar-refractivity contribution is 0.0951. The van der Waals surface area contributed by atoms with Gasteiger partial charge in [-0.2, -0.15) is 10.4 Å². The van der Waals surface area contributed by atoms with Crippen LogP contribution in [0.25, 0.3) is 0 Å². The summed E-state index contributed by atoms with van der Waals surface area (Å²) in [6.07, 6.45) is 1.38. The van der Waals surface area contributed by atoms with Gasteiger partial charge in [-0.15, -0.1) is 0 Å². The highest BCUT2D eigenvalue weighted by atomic mass is 79.9. The molecule has 0 heterocycles. The van der Waals surface area contributed by atoms with E-state index >= 15 is 0 Å². The number of rotatable bonds is 8. The molecule has 174 valence electrons. The first-order chi connectivity index (χ1) is 16.3. The van der Waals surface area contributed by atoms with Crippen molar-refractivity contribution in [1.29, 1.82) is 5.26 Å². The van der Waals surface area contributed by atoms with Crippen LogP contribution in [0.3, 0.4) is 0 Å². The Bertz CT molecular complexity index is 1300. The molecule has 0 unspecified atom stereocenters. The number of carbonyl (C=O) groups is 1. The summed E-state index contributed by atoms with van der Waals surface area (Å²) >= 11 is 15.6. The quantitative estimate of drug-likeness (QED) is 0.250. The van der Waals surface area contributed by atoms with Crippen molar-refractivity contribution in [2.45, 2.75) is 13.5 Å². The second kappa shape index (κ2) is 11.8. The number of hydrogen-bond donors (Lipinski definition) is 1. The van der Waals surface area contributed by atoms with Gasteiger partial charge in [0.05, 0.1) is 30.0 Å². The third-order valence-electron chi connectivity index (χ3n) is 4.47. The second-order valence-corrected chi connectivity index (χ2v) is 8.48. The number of hydrazone groups is 1. The number of hydrogen-bond acceptors (Lipinski definition) is 5. The predicted octanol–water partition coefficient (Wildman–Crippen LogP) is 6.51. The van der Waals surface area contributed by atoms with Crippen LogP contribution in [0.2, 0.25) is 10.0 Å². The highest BCUT2D eigenvalue weighted by Crippen LogP contribution is 2.34. The standard InChI is InChI=1S/C24H17BrCl2FN3O3/c1-2-33-22-8-16(12-30-31-24(32)18-6-3-14(11-29)7-21(18)28)19(25)10-23(22)34-13-15-4-5-17(26)9-20(15)27/h3-10,12H,2,13H2,1H3,(H,31,32)/b30-12-. The third kappa shape index (κ3) is 6.48. The predicted molar refractivity (Wildman–Crippen MR) is 132 cm³/mol. The van der Waals surface area contributed by atoms with E-state index in [1.807, 2.05) is 13.0 Å². The molecule has 0 aliphatic carbocycles. The number of nitrogens with one attached hydrogen (secondary N) is 1. The van der Waals surface area contributed by atoms with Crippen LogP contribution in [0.4, 0.5) is 4.39 Å². The van der Waals surface area contributed by atoms with Gasteiger partial charge >= 0.3 is 0 Å². The molecule has 3 rings (SSSR count). The third-order valence-corrected chi connectivity index (χ3v) is 5.75. The first-order valence-electron chi connectivity index (χ1n) is 9.88. The highest BCUT2D eigenvalue weighted by molar-refractivity contribution is 9.10. The smallest absolute Gasteiger partial charge is 0.274 e. The molecule has 0 atom stereocenters. The summed E-state index contributed by atoms with van der Waals surface area (Å²) in [7, 11) is 0. The van der Waals surface area contributed by atoms with E-state index < -0.39 is 11.7 Å². The minimum atomic E-state index is -0.811. The van der Waals surface area contributed by atoms with E-state index in [0.29, 0.717) is 38.2 Å². The normalized spacial score (nSPS) is 10.7. The lowest BCUT2D eigenvalue weighted by Crippen LogP contribution is -2.19. The van der Waals surface area contributed by atoms with Gasteiger partial charge in [0.1, 0.15) is 12.4 Å². The Labute approximate surface area is 214 Å². The minimum Gasteiger partial charge on any atom is -0.490 e. The Morgan fingerprint density at radius 1 is 1.18 bits per heavy atom. The first kappa shape index (κ1) is 25.5. The zero-order valence-corrected chi connectivity index (χ0v) is 20.8. The van der Waals surface area contributed by atoms with E-state index in [2.05, 4.69) is 26.5 Å². The molecule has 10 heteroatoms. The van der Waals surface area contributed by atoms with Crippen molar-refractivity contribution in [1.82, 2.24) is 5.43 Å². The van der Waals surface area contributed by atoms with E-state index in [9.17, 15) is 9.18 Å². The monoisotopic (exact) mass is 563 g/mol. The summed E-state index contributed by atoms with van der Waals surface area (Å²) in [5.74, 6) is -0.629. The molecule has 0 fully saturated rings. The summed E-state index contributed by atoms with van der Waals surface area (Å²) in [5, 5.41) is 13.7. The van der Waals surface area contributed by atoms with Gasteiger partial charge in [0.2, 0.25) is 0 Å². The molecule has 1 amide bonds. The number of ether oxygens (including phenoxy) is 2. The summed E-state index contributed by atoms with van der Waals surface area (Å²) in [6, 6.07) is 13.9. The average Bonchev–Trinajstić information content (AvgIpc) is 2.80. The molecule has 6 nitrogen and oxygen atoms in total. The van der Waals surface area contributed by atoms with Crippen molar-refractivity contribution >= 4 is 51.3 Å². The highest BCUT2D eigenvalue weighted by Gasteiger charge is 2.13. The minimum absolute atomic E-state index is 0.116. The molecular weight excluding hydrogens is 548 g/mol. The van der Waals surface area contributed by atoms with Crippen molar-refractivity contribution in [2.24, 2.45) is 5.10 Å². The molecule has 1 N–H and O–H groups in total. The summed E-state index contributed by atoms with van der Waals surface area (Å²) in [4.78, 5) is 12.2. The van der Waals surface area contributed by atoms with Gasteiger partial charge in [0, 0.05) is 25.6 Å². The average molecular weight is 565 g/mol. The van der Waals surface area contributed by atoms with E-state index in [1.54, 1.807) is 30.3 Å². The Kier molecular flexibility index (Phi) is 8.88. The molecule has 0 aromatic heterocycles. The molecular formula is C24H17BrCl2FN3O3. The van der Waals surface area contributed by atoms with Gasteiger partial charge in [-0.3, -0.25) is 4.79 Å². The summed E-state index contributed by atoms with van der Waals surface area (Å²) in [6.45, 7) is 2.43. The van der Waals surface area contributed by atoms with E-state index in [0.717, 1.165) is 11.6 Å². The summed E-state index contributed by atoms with van der Waals surface area (Å²) in [5.41, 5.74) is 3.50. The largest absolute Gasteiger partial charge is 0.490 e. The number of nitriles is 1. The van der Waals surface area contributed by atoms with Crippen LogP contribution in [0, 0.1) is 17.1 Å². The molecule has 3 aromatic rings. The van der Waals surface area contributed by atoms with Crippen molar-refractivity contribution in [3.8, 4) is 17.6 Å². The van der Waals surface area contributed by atoms with Gasteiger partial charge in [-0.25, -0.2) is 9.82 Å². The summed E-state index contributed by atoms with van der Waals surface area (Å²) < 4.78 is 26.2. The van der Waals surface area contributed by atoms with Crippen molar-refractivity contribution in [3.63, 3.8) is 0 Å². The maximum absolute atomic E-state index is 14.0. The van der Waals surface area contributed by atoms with Crippen molar-refractivity contribution < 1.29 is 18.7 Å². The van der Waals surface area contributed by atoms with Crippen molar-refractivity contribution in [3.05, 3.63) is 91.1 Å². The van der Waals surface area contributed by atoms with Crippen LogP contribution in [-0.4, -0.2) is 18.7 Å². The number of benzene rings is 3. The first-order valence-corrected chi connectivity index (χ1v) is 11.4. The van der Waals surface area contributed by atoms with Gasteiger partial charge in [-0.05, 0) is 65.3 Å². The SMILES string of the molecule is CCOc1cc(/C=N\NC(=O)c2ccc(C#N)cc2F)c(Br)cc1OCc1ccc(Cl)cc1Cl. The van der Waals surface area contributed by atoms with Crippen LogP contribution in [-0.2, 0) is 6.61 Å². The fraction of sp³-hybridized carbons (Fsp3) is 0.125. The maximum atomic E-state index is 14.0.